The lowest BCUT2D eigenvalue weighted by Gasteiger charge is -2.15. The minimum atomic E-state index is 0.235. The van der Waals surface area contributed by atoms with E-state index in [4.69, 9.17) is 9.47 Å². The molecule has 0 spiro atoms. The van der Waals surface area contributed by atoms with Gasteiger partial charge in [0.25, 0.3) is 0 Å². The van der Waals surface area contributed by atoms with Crippen LogP contribution in [0.1, 0.15) is 18.2 Å². The quantitative estimate of drug-likeness (QED) is 0.850. The highest BCUT2D eigenvalue weighted by Crippen LogP contribution is 2.11. The smallest absolute Gasteiger partial charge is 0.213 e. The predicted octanol–water partition coefficient (Wildman–Crippen LogP) is 2.96. The summed E-state index contributed by atoms with van der Waals surface area (Å²) in [7, 11) is 1.62. The second-order valence-corrected chi connectivity index (χ2v) is 5.08. The molecule has 0 radical (unpaired) electrons. The van der Waals surface area contributed by atoms with Crippen LogP contribution in [-0.2, 0) is 6.54 Å². The van der Waals surface area contributed by atoms with Crippen LogP contribution in [-0.4, -0.2) is 24.7 Å². The SMILES string of the molecule is COc1cccc(CNC(C)COc2ccc(C)cc2)n1. The molecule has 0 saturated carbocycles. The Bertz CT molecular complexity index is 555. The van der Waals surface area contributed by atoms with Gasteiger partial charge in [0.05, 0.1) is 12.8 Å². The summed E-state index contributed by atoms with van der Waals surface area (Å²) in [4.78, 5) is 4.37. The van der Waals surface area contributed by atoms with E-state index in [1.54, 1.807) is 7.11 Å². The molecule has 21 heavy (non-hydrogen) atoms. The lowest BCUT2D eigenvalue weighted by atomic mass is 10.2. The van der Waals surface area contributed by atoms with Crippen LogP contribution in [0, 0.1) is 6.92 Å². The van der Waals surface area contributed by atoms with Gasteiger partial charge in [-0.05, 0) is 32.0 Å². The molecule has 0 saturated heterocycles. The fraction of sp³-hybridized carbons (Fsp3) is 0.353. The number of pyridine rings is 1. The van der Waals surface area contributed by atoms with Crippen molar-refractivity contribution in [2.45, 2.75) is 26.4 Å². The average Bonchev–Trinajstić information content (AvgIpc) is 2.52. The Kier molecular flexibility index (Phi) is 5.58. The molecule has 1 heterocycles. The van der Waals surface area contributed by atoms with Crippen molar-refractivity contribution in [1.82, 2.24) is 10.3 Å². The summed E-state index contributed by atoms with van der Waals surface area (Å²) < 4.78 is 10.9. The molecule has 0 aliphatic carbocycles. The zero-order valence-electron chi connectivity index (χ0n) is 12.8. The van der Waals surface area contributed by atoms with Gasteiger partial charge >= 0.3 is 0 Å². The van der Waals surface area contributed by atoms with E-state index < -0.39 is 0 Å². The summed E-state index contributed by atoms with van der Waals surface area (Å²) in [5, 5.41) is 3.39. The van der Waals surface area contributed by atoms with Gasteiger partial charge in [-0.3, -0.25) is 0 Å². The first-order chi connectivity index (χ1) is 10.2. The number of aromatic nitrogens is 1. The highest BCUT2D eigenvalue weighted by molar-refractivity contribution is 5.26. The Morgan fingerprint density at radius 1 is 1.14 bits per heavy atom. The number of nitrogens with one attached hydrogen (secondary N) is 1. The van der Waals surface area contributed by atoms with Crippen LogP contribution in [0.5, 0.6) is 11.6 Å². The van der Waals surface area contributed by atoms with Gasteiger partial charge < -0.3 is 14.8 Å². The number of methoxy groups -OCH3 is 1. The van der Waals surface area contributed by atoms with Crippen molar-refractivity contribution in [3.05, 3.63) is 53.7 Å². The van der Waals surface area contributed by atoms with Gasteiger partial charge in [0.1, 0.15) is 12.4 Å². The maximum Gasteiger partial charge on any atom is 0.213 e. The zero-order valence-corrected chi connectivity index (χ0v) is 12.8. The number of hydrogen-bond donors (Lipinski definition) is 1. The standard InChI is InChI=1S/C17H22N2O2/c1-13-7-9-16(10-8-13)21-12-14(2)18-11-15-5-4-6-17(19-15)20-3/h4-10,14,18H,11-12H2,1-3H3. The van der Waals surface area contributed by atoms with Crippen LogP contribution in [0.4, 0.5) is 0 Å². The topological polar surface area (TPSA) is 43.4 Å². The number of nitrogens with zero attached hydrogens (tertiary/aromatic N) is 1. The van der Waals surface area contributed by atoms with E-state index in [0.717, 1.165) is 11.4 Å². The van der Waals surface area contributed by atoms with Crippen LogP contribution in [0.25, 0.3) is 0 Å². The maximum absolute atomic E-state index is 5.75. The van der Waals surface area contributed by atoms with E-state index in [1.165, 1.54) is 5.56 Å². The van der Waals surface area contributed by atoms with Gasteiger partial charge in [-0.2, -0.15) is 0 Å². The molecule has 112 valence electrons. The third-order valence-corrected chi connectivity index (χ3v) is 3.14. The van der Waals surface area contributed by atoms with E-state index in [9.17, 15) is 0 Å². The van der Waals surface area contributed by atoms with Crippen LogP contribution >= 0.6 is 0 Å². The summed E-state index contributed by atoms with van der Waals surface area (Å²) in [5.74, 6) is 1.53. The fourth-order valence-corrected chi connectivity index (χ4v) is 1.86. The van der Waals surface area contributed by atoms with Crippen LogP contribution < -0.4 is 14.8 Å². The number of benzene rings is 1. The Morgan fingerprint density at radius 2 is 1.90 bits per heavy atom. The van der Waals surface area contributed by atoms with E-state index in [1.807, 2.05) is 42.5 Å². The zero-order chi connectivity index (χ0) is 15.1. The van der Waals surface area contributed by atoms with E-state index in [-0.39, 0.29) is 6.04 Å². The van der Waals surface area contributed by atoms with E-state index >= 15 is 0 Å². The largest absolute Gasteiger partial charge is 0.492 e. The van der Waals surface area contributed by atoms with Crippen LogP contribution in [0.2, 0.25) is 0 Å². The van der Waals surface area contributed by atoms with Crippen molar-refractivity contribution in [2.24, 2.45) is 0 Å². The molecule has 0 aliphatic rings. The van der Waals surface area contributed by atoms with Gasteiger partial charge in [-0.1, -0.05) is 23.8 Å². The molecule has 0 amide bonds. The number of aryl methyl sites for hydroxylation is 1. The molecule has 4 heteroatoms. The molecule has 0 bridgehead atoms. The highest BCUT2D eigenvalue weighted by atomic mass is 16.5. The first kappa shape index (κ1) is 15.3. The lowest BCUT2D eigenvalue weighted by molar-refractivity contribution is 0.272. The maximum atomic E-state index is 5.75. The van der Waals surface area contributed by atoms with E-state index in [2.05, 4.69) is 24.1 Å². The molecule has 1 N–H and O–H groups in total. The van der Waals surface area contributed by atoms with Gasteiger partial charge in [0, 0.05) is 18.7 Å². The Labute approximate surface area is 126 Å². The lowest BCUT2D eigenvalue weighted by Crippen LogP contribution is -2.31. The molecule has 1 atom stereocenters. The molecular formula is C17H22N2O2. The number of hydrogen-bond acceptors (Lipinski definition) is 4. The molecule has 1 aromatic heterocycles. The molecule has 0 fully saturated rings. The van der Waals surface area contributed by atoms with Crippen molar-refractivity contribution in [1.29, 1.82) is 0 Å². The third kappa shape index (κ3) is 5.08. The summed E-state index contributed by atoms with van der Waals surface area (Å²) in [6, 6.07) is 14.1. The van der Waals surface area contributed by atoms with Crippen LogP contribution in [0.15, 0.2) is 42.5 Å². The molecule has 1 aromatic carbocycles. The second kappa shape index (κ2) is 7.64. The first-order valence-electron chi connectivity index (χ1n) is 7.10. The predicted molar refractivity (Wildman–Crippen MR) is 83.8 cm³/mol. The summed E-state index contributed by atoms with van der Waals surface area (Å²) in [6.07, 6.45) is 0. The molecule has 4 nitrogen and oxygen atoms in total. The molecular weight excluding hydrogens is 264 g/mol. The third-order valence-electron chi connectivity index (χ3n) is 3.14. The van der Waals surface area contributed by atoms with Gasteiger partial charge in [-0.15, -0.1) is 0 Å². The van der Waals surface area contributed by atoms with Crippen molar-refractivity contribution >= 4 is 0 Å². The van der Waals surface area contributed by atoms with Gasteiger partial charge in [0.2, 0.25) is 5.88 Å². The Balaban J connectivity index is 1.76. The summed E-state index contributed by atoms with van der Waals surface area (Å²) in [5.41, 5.74) is 2.19. The van der Waals surface area contributed by atoms with Gasteiger partial charge in [0.15, 0.2) is 0 Å². The molecule has 2 aromatic rings. The normalized spacial score (nSPS) is 12.0. The summed E-state index contributed by atoms with van der Waals surface area (Å²) in [6.45, 7) is 5.46. The molecule has 1 unspecified atom stereocenters. The van der Waals surface area contributed by atoms with Crippen molar-refractivity contribution < 1.29 is 9.47 Å². The fourth-order valence-electron chi connectivity index (χ4n) is 1.86. The minimum Gasteiger partial charge on any atom is -0.492 e. The van der Waals surface area contributed by atoms with Crippen LogP contribution in [0.3, 0.4) is 0 Å². The first-order valence-corrected chi connectivity index (χ1v) is 7.10. The number of rotatable bonds is 7. The monoisotopic (exact) mass is 286 g/mol. The Hall–Kier alpha value is -2.07. The van der Waals surface area contributed by atoms with Crippen molar-refractivity contribution in [3.63, 3.8) is 0 Å². The average molecular weight is 286 g/mol. The molecule has 2 rings (SSSR count). The highest BCUT2D eigenvalue weighted by Gasteiger charge is 2.04. The van der Waals surface area contributed by atoms with Crippen molar-refractivity contribution in [2.75, 3.05) is 13.7 Å². The minimum absolute atomic E-state index is 0.235. The van der Waals surface area contributed by atoms with Crippen molar-refractivity contribution in [3.8, 4) is 11.6 Å². The second-order valence-electron chi connectivity index (χ2n) is 5.08. The Morgan fingerprint density at radius 3 is 2.62 bits per heavy atom. The van der Waals surface area contributed by atoms with E-state index in [0.29, 0.717) is 19.0 Å². The van der Waals surface area contributed by atoms with Gasteiger partial charge in [-0.25, -0.2) is 4.98 Å². The molecule has 0 aliphatic heterocycles. The summed E-state index contributed by atoms with van der Waals surface area (Å²) >= 11 is 0. The number of ether oxygens (including phenoxy) is 2.